The van der Waals surface area contributed by atoms with Crippen molar-refractivity contribution in [3.63, 3.8) is 0 Å². The van der Waals surface area contributed by atoms with Gasteiger partial charge in [0.15, 0.2) is 4.83 Å². The van der Waals surface area contributed by atoms with Crippen LogP contribution < -0.4 is 0 Å². The summed E-state index contributed by atoms with van der Waals surface area (Å²) in [7, 11) is 0. The molecule has 0 unspecified atom stereocenters. The minimum Gasteiger partial charge on any atom is -0.496 e. The Morgan fingerprint density at radius 2 is 2.30 bits per heavy atom. The standard InChI is InChI=1S/C5H6.CHO2.2Al.2H/c1-2-4-5-3-1;2-1-3;;;;/h1-3H2;(H,2,3);;;;. The summed E-state index contributed by atoms with van der Waals surface area (Å²) in [5.74, 6) is 0. The zero-order valence-corrected chi connectivity index (χ0v) is 8.72. The lowest BCUT2D eigenvalue weighted by molar-refractivity contribution is 0.220. The monoisotopic (exact) mass is 167 g/mol. The first-order chi connectivity index (χ1) is 4.70. The molecule has 0 heterocycles. The first-order valence-electron chi connectivity index (χ1n) is 3.45. The summed E-state index contributed by atoms with van der Waals surface area (Å²) in [6.45, 7) is 0. The third-order valence-corrected chi connectivity index (χ3v) is 4.76. The minimum absolute atomic E-state index is 0.555. The van der Waals surface area contributed by atoms with E-state index >= 15 is 0 Å². The maximum absolute atomic E-state index is 10.3. The fourth-order valence-electron chi connectivity index (χ4n) is 1.26. The fourth-order valence-corrected chi connectivity index (χ4v) is 3.29. The van der Waals surface area contributed by atoms with E-state index in [1.807, 2.05) is 16.3 Å². The van der Waals surface area contributed by atoms with E-state index in [9.17, 15) is 4.79 Å². The third-order valence-electron chi connectivity index (χ3n) is 1.82. The van der Waals surface area contributed by atoms with Gasteiger partial charge in [0.1, 0.15) is 0 Å². The lowest BCUT2D eigenvalue weighted by atomic mass is 10.4. The van der Waals surface area contributed by atoms with Crippen LogP contribution >= 0.6 is 0 Å². The topological polar surface area (TPSA) is 37.3 Å². The van der Waals surface area contributed by atoms with Crippen LogP contribution in [0.1, 0.15) is 19.3 Å². The molecule has 2 nitrogen and oxygen atoms in total. The van der Waals surface area contributed by atoms with Crippen molar-refractivity contribution in [2.24, 2.45) is 0 Å². The van der Waals surface area contributed by atoms with E-state index in [1.165, 1.54) is 15.3 Å². The molecule has 1 radical (unpaired) electrons. The van der Waals surface area contributed by atoms with E-state index in [1.54, 1.807) is 0 Å². The van der Waals surface area contributed by atoms with Gasteiger partial charge in [-0.25, -0.2) is 0 Å². The van der Waals surface area contributed by atoms with Gasteiger partial charge in [-0.15, -0.1) is 4.44 Å². The highest BCUT2D eigenvalue weighted by molar-refractivity contribution is 6.78. The van der Waals surface area contributed by atoms with Gasteiger partial charge in [-0.05, 0) is 19.3 Å². The zero-order chi connectivity index (χ0) is 7.56. The summed E-state index contributed by atoms with van der Waals surface area (Å²) in [4.78, 5) is 9.78. The van der Waals surface area contributed by atoms with Gasteiger partial charge in [-0.2, -0.15) is 4.44 Å². The molecule has 0 bridgehead atoms. The quantitative estimate of drug-likeness (QED) is 0.604. The molecule has 0 spiro atoms. The Morgan fingerprint density at radius 3 is 2.70 bits per heavy atom. The van der Waals surface area contributed by atoms with E-state index in [2.05, 4.69) is 0 Å². The highest BCUT2D eigenvalue weighted by atomic mass is 27.1. The predicted molar refractivity (Wildman–Crippen MR) is 43.2 cm³/mol. The Morgan fingerprint density at radius 1 is 1.60 bits per heavy atom. The van der Waals surface area contributed by atoms with Crippen molar-refractivity contribution in [3.05, 3.63) is 8.87 Å². The second kappa shape index (κ2) is 3.60. The molecule has 0 saturated carbocycles. The molecule has 0 atom stereocenters. The van der Waals surface area contributed by atoms with Gasteiger partial charge in [0.25, 0.3) is 0 Å². The summed E-state index contributed by atoms with van der Waals surface area (Å²) in [5.41, 5.74) is 0. The first kappa shape index (κ1) is 8.37. The molecule has 51 valence electrons. The molecule has 0 aromatic carbocycles. The van der Waals surface area contributed by atoms with Crippen molar-refractivity contribution in [2.75, 3.05) is 0 Å². The summed E-state index contributed by atoms with van der Waals surface area (Å²) in [6.07, 6.45) is 3.40. The number of hydrogen-bond donors (Lipinski definition) is 1. The average molecular weight is 167 g/mol. The van der Waals surface area contributed by atoms with Crippen LogP contribution in [0.25, 0.3) is 0 Å². The van der Waals surface area contributed by atoms with Crippen LogP contribution in [0, 0.1) is 0 Å². The number of carboxylic acid groups (broad SMARTS) is 1. The second-order valence-corrected chi connectivity index (χ2v) is 5.30. The normalized spacial score (nSPS) is 17.6. The molecule has 10 heavy (non-hydrogen) atoms. The largest absolute Gasteiger partial charge is 0.496 e. The number of allylic oxidation sites excluding steroid dienone is 2. The zero-order valence-electron chi connectivity index (χ0n) is 5.89. The average Bonchev–Trinajstić information content (AvgIpc) is 2.15. The van der Waals surface area contributed by atoms with Crippen molar-refractivity contribution in [1.29, 1.82) is 0 Å². The molecule has 4 heteroatoms. The Balaban J connectivity index is 2.54. The Kier molecular flexibility index (Phi) is 3.02. The molecule has 1 rings (SSSR count). The lowest BCUT2D eigenvalue weighted by Crippen LogP contribution is -2.08. The van der Waals surface area contributed by atoms with Crippen molar-refractivity contribution < 1.29 is 9.90 Å². The van der Waals surface area contributed by atoms with Crippen molar-refractivity contribution >= 4 is 36.3 Å². The molecular formula is C6H9Al2O2. The third kappa shape index (κ3) is 2.15. The van der Waals surface area contributed by atoms with E-state index in [-0.39, 0.29) is 0 Å². The molecule has 1 aliphatic rings. The minimum atomic E-state index is -0.922. The van der Waals surface area contributed by atoms with Gasteiger partial charge in [0.2, 0.25) is 16.3 Å². The first-order valence-corrected chi connectivity index (χ1v) is 5.57. The van der Waals surface area contributed by atoms with Gasteiger partial charge in [-0.3, -0.25) is 4.79 Å². The van der Waals surface area contributed by atoms with Gasteiger partial charge in [0.05, 0.1) is 0 Å². The van der Waals surface area contributed by atoms with Crippen LogP contribution in [0.2, 0.25) is 0 Å². The summed E-state index contributed by atoms with van der Waals surface area (Å²) < 4.78 is 2.68. The van der Waals surface area contributed by atoms with Gasteiger partial charge in [-0.1, -0.05) is 0 Å². The molecule has 0 aromatic heterocycles. The Bertz CT molecular complexity index is 186. The predicted octanol–water partition coefficient (Wildman–Crippen LogP) is 0.397. The molecule has 0 fully saturated rings. The van der Waals surface area contributed by atoms with Crippen LogP contribution in [0.15, 0.2) is 8.87 Å². The highest BCUT2D eigenvalue weighted by Gasteiger charge is 2.15. The van der Waals surface area contributed by atoms with Crippen LogP contribution in [0.4, 0.5) is 4.79 Å². The van der Waals surface area contributed by atoms with E-state index in [4.69, 9.17) is 5.11 Å². The van der Waals surface area contributed by atoms with E-state index in [0.717, 1.165) is 12.8 Å². The second-order valence-electron chi connectivity index (χ2n) is 2.63. The molecule has 0 saturated heterocycles. The summed E-state index contributed by atoms with van der Waals surface area (Å²) in [6, 6.07) is 0. The molecule has 0 amide bonds. The molecule has 1 N–H and O–H groups in total. The molecule has 0 aromatic rings. The SMILES string of the molecule is O=[C](O)[AlH][C]1=[C]([AlH])CCC1. The lowest BCUT2D eigenvalue weighted by Gasteiger charge is -1.95. The molecule has 0 aliphatic heterocycles. The van der Waals surface area contributed by atoms with Crippen LogP contribution in [0.3, 0.4) is 0 Å². The summed E-state index contributed by atoms with van der Waals surface area (Å²) in [5, 5.41) is 8.52. The van der Waals surface area contributed by atoms with Crippen molar-refractivity contribution in [2.45, 2.75) is 19.3 Å². The van der Waals surface area contributed by atoms with Gasteiger partial charge < -0.3 is 5.11 Å². The molecule has 1 aliphatic carbocycles. The maximum Gasteiger partial charge on any atom is 0.443 e. The fraction of sp³-hybridized carbons (Fsp3) is 0.500. The highest BCUT2D eigenvalue weighted by Crippen LogP contribution is 2.22. The Hall–Kier alpha value is 0.275. The van der Waals surface area contributed by atoms with Crippen molar-refractivity contribution in [1.82, 2.24) is 0 Å². The van der Waals surface area contributed by atoms with Gasteiger partial charge in [0, 0.05) is 0 Å². The Labute approximate surface area is 74.4 Å². The molecular weight excluding hydrogens is 158 g/mol. The van der Waals surface area contributed by atoms with Gasteiger partial charge >= 0.3 is 15.2 Å². The van der Waals surface area contributed by atoms with E-state index < -0.39 is 20.1 Å². The maximum atomic E-state index is 10.3. The van der Waals surface area contributed by atoms with E-state index in [0.29, 0.717) is 0 Å². The van der Waals surface area contributed by atoms with Crippen molar-refractivity contribution in [3.8, 4) is 0 Å². The number of hydrogen-bond acceptors (Lipinski definition) is 1. The van der Waals surface area contributed by atoms with Crippen LogP contribution in [0.5, 0.6) is 0 Å². The smallest absolute Gasteiger partial charge is 0.443 e. The van der Waals surface area contributed by atoms with Crippen LogP contribution in [-0.4, -0.2) is 41.4 Å². The number of carbonyl (C=O) groups is 1. The number of rotatable bonds is 2. The van der Waals surface area contributed by atoms with Crippen LogP contribution in [-0.2, 0) is 0 Å². The summed E-state index contributed by atoms with van der Waals surface area (Å²) >= 11 is 0.951.